The van der Waals surface area contributed by atoms with Gasteiger partial charge in [-0.25, -0.2) is 0 Å². The minimum atomic E-state index is -0.698. The van der Waals surface area contributed by atoms with E-state index in [-0.39, 0.29) is 39.6 Å². The van der Waals surface area contributed by atoms with Crippen molar-refractivity contribution >= 4 is 63.6 Å². The summed E-state index contributed by atoms with van der Waals surface area (Å²) < 4.78 is 6.12. The molecule has 0 bridgehead atoms. The minimum Gasteiger partial charge on any atom is -0.483 e. The number of Topliss-reactive ketones (excluding diaryl/α,β-unsaturated/α-hetero) is 1. The van der Waals surface area contributed by atoms with Crippen LogP contribution < -0.4 is 25.7 Å². The number of hydrogen-bond donors (Lipinski definition) is 3. The molecule has 326 valence electrons. The van der Waals surface area contributed by atoms with E-state index in [0.29, 0.717) is 46.1 Å². The first-order valence-electron chi connectivity index (χ1n) is 21.5. The Bertz CT molecular complexity index is 2550. The average molecular weight is 867 g/mol. The van der Waals surface area contributed by atoms with Crippen LogP contribution in [0.5, 0.6) is 5.75 Å². The quantitative estimate of drug-likeness (QED) is 0.0630. The van der Waals surface area contributed by atoms with Gasteiger partial charge in [0.2, 0.25) is 0 Å². The molecule has 6 rings (SSSR count). The van der Waals surface area contributed by atoms with Crippen molar-refractivity contribution in [2.75, 3.05) is 34.1 Å². The number of benzene rings is 5. The fourth-order valence-corrected chi connectivity index (χ4v) is 7.23. The van der Waals surface area contributed by atoms with E-state index in [0.717, 1.165) is 36.9 Å². The Kier molecular flexibility index (Phi) is 14.7. The van der Waals surface area contributed by atoms with Crippen LogP contribution in [0.15, 0.2) is 132 Å². The number of fused-ring (bicyclic) bond motifs is 1. The number of hydrogen-bond acceptors (Lipinski definition) is 7. The van der Waals surface area contributed by atoms with Crippen LogP contribution in [-0.4, -0.2) is 42.4 Å². The lowest BCUT2D eigenvalue weighted by molar-refractivity contribution is -0.118. The largest absolute Gasteiger partial charge is 0.483 e. The summed E-state index contributed by atoms with van der Waals surface area (Å²) >= 11 is 6.54. The van der Waals surface area contributed by atoms with Gasteiger partial charge in [-0.2, -0.15) is 5.10 Å². The van der Waals surface area contributed by atoms with Gasteiger partial charge in [0.05, 0.1) is 27.7 Å². The molecule has 1 aliphatic carbocycles. The number of ketones is 1. The zero-order valence-corrected chi connectivity index (χ0v) is 37.9. The van der Waals surface area contributed by atoms with E-state index in [1.807, 2.05) is 60.7 Å². The highest BCUT2D eigenvalue weighted by atomic mass is 35.5. The van der Waals surface area contributed by atoms with Gasteiger partial charge in [0, 0.05) is 40.2 Å². The van der Waals surface area contributed by atoms with Gasteiger partial charge in [-0.1, -0.05) is 121 Å². The second kappa shape index (κ2) is 20.1. The Morgan fingerprint density at radius 3 is 2.10 bits per heavy atom. The van der Waals surface area contributed by atoms with Crippen molar-refractivity contribution < 1.29 is 23.9 Å². The van der Waals surface area contributed by atoms with Crippen LogP contribution in [0, 0.1) is 0 Å². The first-order chi connectivity index (χ1) is 30.1. The van der Waals surface area contributed by atoms with Crippen LogP contribution in [-0.2, 0) is 20.4 Å². The molecule has 0 saturated heterocycles. The number of anilines is 4. The summed E-state index contributed by atoms with van der Waals surface area (Å²) in [5.41, 5.74) is 8.80. The van der Waals surface area contributed by atoms with Crippen LogP contribution in [0.1, 0.15) is 112 Å². The first-order valence-corrected chi connectivity index (χ1v) is 21.9. The van der Waals surface area contributed by atoms with Crippen LogP contribution >= 0.6 is 11.6 Å². The SMILES string of the molecule is CCCCN(C(=O)c1ccccc1)c1ccc(N/N=C2\C=C(C(=O)Nc3cc(NC(=O)COc4ccc(C(C)(C)CC)cc4C(C)(C)CC)ccc3Cl)C(=O)c3ccccc32)cc1. The van der Waals surface area contributed by atoms with Crippen molar-refractivity contribution in [2.45, 2.75) is 85.0 Å². The van der Waals surface area contributed by atoms with Crippen molar-refractivity contribution in [3.05, 3.63) is 160 Å². The lowest BCUT2D eigenvalue weighted by atomic mass is 9.76. The highest BCUT2D eigenvalue weighted by molar-refractivity contribution is 6.38. The summed E-state index contributed by atoms with van der Waals surface area (Å²) in [6.07, 6.45) is 5.10. The molecule has 5 aromatic rings. The molecule has 11 heteroatoms. The molecule has 3 amide bonds. The second-order valence-corrected chi connectivity index (χ2v) is 17.3. The van der Waals surface area contributed by atoms with Gasteiger partial charge < -0.3 is 20.3 Å². The van der Waals surface area contributed by atoms with Crippen LogP contribution in [0.2, 0.25) is 5.02 Å². The monoisotopic (exact) mass is 865 g/mol. The summed E-state index contributed by atoms with van der Waals surface area (Å²) in [6, 6.07) is 34.4. The van der Waals surface area contributed by atoms with Gasteiger partial charge in [0.1, 0.15) is 5.75 Å². The molecule has 0 aromatic heterocycles. The number of unbranched alkanes of at least 4 members (excludes halogenated alkanes) is 1. The first kappa shape index (κ1) is 46.0. The Labute approximate surface area is 375 Å². The lowest BCUT2D eigenvalue weighted by Gasteiger charge is -2.30. The Morgan fingerprint density at radius 1 is 0.746 bits per heavy atom. The molecule has 0 spiro atoms. The fourth-order valence-electron chi connectivity index (χ4n) is 7.06. The molecule has 0 unspecified atom stereocenters. The van der Waals surface area contributed by atoms with Gasteiger partial charge in [-0.05, 0) is 102 Å². The normalized spacial score (nSPS) is 13.2. The fraction of sp³-hybridized carbons (Fsp3) is 0.288. The number of amides is 3. The third-order valence-corrected chi connectivity index (χ3v) is 12.1. The van der Waals surface area contributed by atoms with E-state index in [9.17, 15) is 19.2 Å². The maximum absolute atomic E-state index is 13.9. The van der Waals surface area contributed by atoms with E-state index < -0.39 is 17.6 Å². The van der Waals surface area contributed by atoms with E-state index in [2.05, 4.69) is 81.8 Å². The third-order valence-electron chi connectivity index (χ3n) is 11.8. The zero-order valence-electron chi connectivity index (χ0n) is 37.1. The molecular weight excluding hydrogens is 810 g/mol. The number of rotatable bonds is 17. The summed E-state index contributed by atoms with van der Waals surface area (Å²) in [7, 11) is 0. The Morgan fingerprint density at radius 2 is 1.41 bits per heavy atom. The molecular formula is C52H56ClN5O5. The lowest BCUT2D eigenvalue weighted by Crippen LogP contribution is -2.31. The predicted molar refractivity (Wildman–Crippen MR) is 256 cm³/mol. The molecule has 0 radical (unpaired) electrons. The van der Waals surface area contributed by atoms with Crippen molar-refractivity contribution in [1.29, 1.82) is 0 Å². The zero-order chi connectivity index (χ0) is 45.3. The second-order valence-electron chi connectivity index (χ2n) is 16.9. The van der Waals surface area contributed by atoms with Crippen molar-refractivity contribution in [3.8, 4) is 5.75 Å². The Hall–Kier alpha value is -6.52. The minimum absolute atomic E-state index is 0.00654. The van der Waals surface area contributed by atoms with E-state index in [1.54, 1.807) is 41.3 Å². The molecule has 10 nitrogen and oxygen atoms in total. The van der Waals surface area contributed by atoms with Gasteiger partial charge in [0.15, 0.2) is 12.4 Å². The Balaban J connectivity index is 1.16. The molecule has 3 N–H and O–H groups in total. The molecule has 0 heterocycles. The van der Waals surface area contributed by atoms with Crippen molar-refractivity contribution in [2.24, 2.45) is 5.10 Å². The van der Waals surface area contributed by atoms with Gasteiger partial charge in [-0.3, -0.25) is 24.6 Å². The van der Waals surface area contributed by atoms with Gasteiger partial charge >= 0.3 is 0 Å². The number of ether oxygens (including phenoxy) is 1. The average Bonchev–Trinajstić information content (AvgIpc) is 3.29. The number of carbonyl (C=O) groups is 4. The molecule has 5 aromatic carbocycles. The number of carbonyl (C=O) groups excluding carboxylic acids is 4. The smallest absolute Gasteiger partial charge is 0.262 e. The van der Waals surface area contributed by atoms with E-state index >= 15 is 0 Å². The van der Waals surface area contributed by atoms with Gasteiger partial charge in [-0.15, -0.1) is 0 Å². The van der Waals surface area contributed by atoms with Crippen molar-refractivity contribution in [3.63, 3.8) is 0 Å². The third kappa shape index (κ3) is 10.9. The highest BCUT2D eigenvalue weighted by Gasteiger charge is 2.30. The molecule has 0 aliphatic heterocycles. The number of allylic oxidation sites excluding steroid dienone is 1. The predicted octanol–water partition coefficient (Wildman–Crippen LogP) is 11.8. The summed E-state index contributed by atoms with van der Waals surface area (Å²) in [6.45, 7) is 15.5. The maximum Gasteiger partial charge on any atom is 0.262 e. The number of hydrazone groups is 1. The molecule has 0 saturated carbocycles. The van der Waals surface area contributed by atoms with E-state index in [1.165, 1.54) is 17.7 Å². The molecule has 1 aliphatic rings. The summed E-state index contributed by atoms with van der Waals surface area (Å²) in [4.78, 5) is 56.0. The molecule has 0 fully saturated rings. The standard InChI is InChI=1S/C52H56ClN5O5/c1-8-11-29-58(50(62)34-17-13-12-14-18-34)38-25-22-36(23-26-38)56-57-44-32-41(48(60)40-20-16-15-19-39(40)44)49(61)55-45-31-37(24-27-43(45)53)54-47(59)33-63-46-28-21-35(51(4,5)9-2)30-42(46)52(6,7)10-3/h12-28,30-32,56H,8-11,29,33H2,1-7H3,(H,54,59)(H,55,61)/b57-44+. The topological polar surface area (TPSA) is 129 Å². The number of halogens is 1. The number of nitrogens with zero attached hydrogens (tertiary/aromatic N) is 2. The van der Waals surface area contributed by atoms with Crippen LogP contribution in [0.3, 0.4) is 0 Å². The van der Waals surface area contributed by atoms with Crippen LogP contribution in [0.25, 0.3) is 0 Å². The molecule has 0 atom stereocenters. The van der Waals surface area contributed by atoms with Crippen LogP contribution in [0.4, 0.5) is 22.7 Å². The summed E-state index contributed by atoms with van der Waals surface area (Å²) in [5, 5.41) is 10.4. The summed E-state index contributed by atoms with van der Waals surface area (Å²) in [5.74, 6) is -0.994. The van der Waals surface area contributed by atoms with E-state index in [4.69, 9.17) is 16.3 Å². The number of nitrogens with one attached hydrogen (secondary N) is 3. The maximum atomic E-state index is 13.9. The highest BCUT2D eigenvalue weighted by Crippen LogP contribution is 2.39. The van der Waals surface area contributed by atoms with Crippen molar-refractivity contribution in [1.82, 2.24) is 0 Å². The van der Waals surface area contributed by atoms with Gasteiger partial charge in [0.25, 0.3) is 17.7 Å². The molecule has 63 heavy (non-hydrogen) atoms.